The van der Waals surface area contributed by atoms with Crippen LogP contribution in [0, 0.1) is 5.92 Å². The summed E-state index contributed by atoms with van der Waals surface area (Å²) in [6.45, 7) is 7.83. The lowest BCUT2D eigenvalue weighted by atomic mass is 9.95. The Morgan fingerprint density at radius 3 is 2.44 bits per heavy atom. The third-order valence-corrected chi connectivity index (χ3v) is 3.06. The first-order valence-electron chi connectivity index (χ1n) is 6.48. The molecule has 0 aromatic heterocycles. The van der Waals surface area contributed by atoms with Crippen LogP contribution in [-0.2, 0) is 9.53 Å². The van der Waals surface area contributed by atoms with Crippen molar-refractivity contribution in [2.75, 3.05) is 6.54 Å². The maximum atomic E-state index is 12.0. The van der Waals surface area contributed by atoms with Crippen LogP contribution < -0.4 is 0 Å². The van der Waals surface area contributed by atoms with Crippen molar-refractivity contribution in [2.24, 2.45) is 5.92 Å². The summed E-state index contributed by atoms with van der Waals surface area (Å²) in [7, 11) is 0. The molecule has 5 heteroatoms. The molecule has 18 heavy (non-hydrogen) atoms. The third-order valence-electron chi connectivity index (χ3n) is 3.06. The van der Waals surface area contributed by atoms with Crippen LogP contribution in [-0.4, -0.2) is 40.3 Å². The van der Waals surface area contributed by atoms with Gasteiger partial charge in [-0.05, 0) is 39.5 Å². The van der Waals surface area contributed by atoms with Crippen LogP contribution in [0.1, 0.15) is 47.0 Å². The van der Waals surface area contributed by atoms with Gasteiger partial charge in [-0.1, -0.05) is 13.3 Å². The molecule has 5 nitrogen and oxygen atoms in total. The smallest absolute Gasteiger partial charge is 0.411 e. The number of rotatable bonds is 3. The topological polar surface area (TPSA) is 66.8 Å². The molecule has 0 aromatic carbocycles. The lowest BCUT2D eigenvalue weighted by Gasteiger charge is -2.28. The van der Waals surface area contributed by atoms with Gasteiger partial charge in [0.2, 0.25) is 0 Å². The van der Waals surface area contributed by atoms with Gasteiger partial charge in [-0.25, -0.2) is 9.59 Å². The number of hydrogen-bond acceptors (Lipinski definition) is 3. The first-order valence-corrected chi connectivity index (χ1v) is 6.48. The number of carbonyl (C=O) groups excluding carboxylic acids is 1. The van der Waals surface area contributed by atoms with E-state index in [-0.39, 0.29) is 5.92 Å². The SMILES string of the molecule is CCC[C@@H]1CCN(C(=O)OC(C)(C)C)[C@H]1C(=O)O. The van der Waals surface area contributed by atoms with Crippen molar-refractivity contribution in [3.8, 4) is 0 Å². The molecule has 1 aliphatic heterocycles. The molecule has 1 saturated heterocycles. The highest BCUT2D eigenvalue weighted by Gasteiger charge is 2.42. The second kappa shape index (κ2) is 5.59. The number of carboxylic acid groups (broad SMARTS) is 1. The molecule has 0 bridgehead atoms. The third kappa shape index (κ3) is 3.62. The summed E-state index contributed by atoms with van der Waals surface area (Å²) < 4.78 is 5.25. The number of carbonyl (C=O) groups is 2. The second-order valence-corrected chi connectivity index (χ2v) is 5.79. The van der Waals surface area contributed by atoms with Crippen molar-refractivity contribution in [1.82, 2.24) is 4.90 Å². The zero-order valence-corrected chi connectivity index (χ0v) is 11.6. The van der Waals surface area contributed by atoms with E-state index >= 15 is 0 Å². The Kier molecular flexibility index (Phi) is 4.59. The molecule has 0 aliphatic carbocycles. The van der Waals surface area contributed by atoms with E-state index in [9.17, 15) is 14.7 Å². The van der Waals surface area contributed by atoms with Crippen LogP contribution in [0.5, 0.6) is 0 Å². The first-order chi connectivity index (χ1) is 8.26. The Balaban J connectivity index is 2.76. The molecule has 0 aromatic rings. The first kappa shape index (κ1) is 14.8. The lowest BCUT2D eigenvalue weighted by molar-refractivity contribution is -0.143. The van der Waals surface area contributed by atoms with Gasteiger partial charge in [-0.3, -0.25) is 4.90 Å². The minimum Gasteiger partial charge on any atom is -0.480 e. The molecule has 104 valence electrons. The van der Waals surface area contributed by atoms with Crippen molar-refractivity contribution < 1.29 is 19.4 Å². The molecule has 0 radical (unpaired) electrons. The molecule has 0 saturated carbocycles. The van der Waals surface area contributed by atoms with E-state index in [1.54, 1.807) is 20.8 Å². The van der Waals surface area contributed by atoms with Gasteiger partial charge in [0.1, 0.15) is 11.6 Å². The molecule has 1 rings (SSSR count). The average Bonchev–Trinajstić information content (AvgIpc) is 2.59. The molecular formula is C13H23NO4. The van der Waals surface area contributed by atoms with E-state index in [4.69, 9.17) is 4.74 Å². The van der Waals surface area contributed by atoms with Crippen LogP contribution in [0.4, 0.5) is 4.79 Å². The highest BCUT2D eigenvalue weighted by molar-refractivity contribution is 5.81. The van der Waals surface area contributed by atoms with E-state index in [0.29, 0.717) is 6.54 Å². The molecule has 0 unspecified atom stereocenters. The Hall–Kier alpha value is -1.26. The van der Waals surface area contributed by atoms with Crippen LogP contribution >= 0.6 is 0 Å². The maximum Gasteiger partial charge on any atom is 0.411 e. The van der Waals surface area contributed by atoms with Crippen molar-refractivity contribution in [3.63, 3.8) is 0 Å². The number of hydrogen-bond donors (Lipinski definition) is 1. The standard InChI is InChI=1S/C13H23NO4/c1-5-6-9-7-8-14(10(9)11(15)16)12(17)18-13(2,3)4/h9-10H,5-8H2,1-4H3,(H,15,16)/t9-,10-/m1/s1. The Morgan fingerprint density at radius 2 is 2.00 bits per heavy atom. The molecule has 2 atom stereocenters. The number of carboxylic acids is 1. The lowest BCUT2D eigenvalue weighted by Crippen LogP contribution is -2.45. The number of amides is 1. The molecule has 1 N–H and O–H groups in total. The van der Waals surface area contributed by atoms with Crippen molar-refractivity contribution in [3.05, 3.63) is 0 Å². The summed E-state index contributed by atoms with van der Waals surface area (Å²) in [6, 6.07) is -0.736. The van der Waals surface area contributed by atoms with Crippen molar-refractivity contribution in [1.29, 1.82) is 0 Å². The normalized spacial score (nSPS) is 24.1. The monoisotopic (exact) mass is 257 g/mol. The summed E-state index contributed by atoms with van der Waals surface area (Å²) in [5, 5.41) is 9.28. The summed E-state index contributed by atoms with van der Waals surface area (Å²) in [5.74, 6) is -0.892. The fraction of sp³-hybridized carbons (Fsp3) is 0.846. The zero-order valence-electron chi connectivity index (χ0n) is 11.6. The van der Waals surface area contributed by atoms with Gasteiger partial charge in [0.15, 0.2) is 0 Å². The van der Waals surface area contributed by atoms with Crippen molar-refractivity contribution >= 4 is 12.1 Å². The van der Waals surface area contributed by atoms with E-state index in [1.807, 2.05) is 6.92 Å². The van der Waals surface area contributed by atoms with Crippen molar-refractivity contribution in [2.45, 2.75) is 58.6 Å². The largest absolute Gasteiger partial charge is 0.480 e. The summed E-state index contributed by atoms with van der Waals surface area (Å²) in [6.07, 6.45) is 1.98. The predicted octanol–water partition coefficient (Wildman–Crippen LogP) is 2.50. The van der Waals surface area contributed by atoms with E-state index in [2.05, 4.69) is 0 Å². The quantitative estimate of drug-likeness (QED) is 0.843. The summed E-state index contributed by atoms with van der Waals surface area (Å²) in [5.41, 5.74) is -0.594. The molecule has 1 amide bonds. The van der Waals surface area contributed by atoms with Gasteiger partial charge in [0, 0.05) is 6.54 Å². The highest BCUT2D eigenvalue weighted by atomic mass is 16.6. The molecule has 1 heterocycles. The van der Waals surface area contributed by atoms with Gasteiger partial charge in [0.25, 0.3) is 0 Å². The van der Waals surface area contributed by atoms with E-state index in [1.165, 1.54) is 4.90 Å². The Labute approximate surface area is 108 Å². The zero-order chi connectivity index (χ0) is 13.9. The van der Waals surface area contributed by atoms with Gasteiger partial charge >= 0.3 is 12.1 Å². The molecule has 1 fully saturated rings. The van der Waals surface area contributed by atoms with Gasteiger partial charge in [-0.15, -0.1) is 0 Å². The number of likely N-dealkylation sites (tertiary alicyclic amines) is 1. The van der Waals surface area contributed by atoms with Gasteiger partial charge < -0.3 is 9.84 Å². The van der Waals surface area contributed by atoms with E-state index < -0.39 is 23.7 Å². The fourth-order valence-corrected chi connectivity index (χ4v) is 2.39. The van der Waals surface area contributed by atoms with Crippen LogP contribution in [0.15, 0.2) is 0 Å². The van der Waals surface area contributed by atoms with Gasteiger partial charge in [-0.2, -0.15) is 0 Å². The minimum atomic E-state index is -0.934. The number of ether oxygens (including phenoxy) is 1. The molecule has 1 aliphatic rings. The Bertz CT molecular complexity index is 321. The summed E-state index contributed by atoms with van der Waals surface area (Å²) in [4.78, 5) is 24.6. The summed E-state index contributed by atoms with van der Waals surface area (Å²) >= 11 is 0. The average molecular weight is 257 g/mol. The van der Waals surface area contributed by atoms with Crippen LogP contribution in [0.3, 0.4) is 0 Å². The molecule has 0 spiro atoms. The predicted molar refractivity (Wildman–Crippen MR) is 67.4 cm³/mol. The second-order valence-electron chi connectivity index (χ2n) is 5.79. The maximum absolute atomic E-state index is 12.0. The van der Waals surface area contributed by atoms with E-state index in [0.717, 1.165) is 19.3 Å². The van der Waals surface area contributed by atoms with Crippen LogP contribution in [0.2, 0.25) is 0 Å². The number of nitrogens with zero attached hydrogens (tertiary/aromatic N) is 1. The number of aliphatic carboxylic acids is 1. The minimum absolute atomic E-state index is 0.0417. The highest BCUT2D eigenvalue weighted by Crippen LogP contribution is 2.29. The Morgan fingerprint density at radius 1 is 1.39 bits per heavy atom. The van der Waals surface area contributed by atoms with Gasteiger partial charge in [0.05, 0.1) is 0 Å². The molecular weight excluding hydrogens is 234 g/mol. The van der Waals surface area contributed by atoms with Crippen LogP contribution in [0.25, 0.3) is 0 Å². The fourth-order valence-electron chi connectivity index (χ4n) is 2.39.